The lowest BCUT2D eigenvalue weighted by Crippen LogP contribution is -2.26. The molecule has 1 heterocycles. The second-order valence-electron chi connectivity index (χ2n) is 5.52. The molecule has 1 aromatic carbocycles. The Hall–Kier alpha value is -1.91. The second-order valence-corrected chi connectivity index (χ2v) is 5.52. The number of likely N-dealkylation sites (tertiary alicyclic amines) is 1. The van der Waals surface area contributed by atoms with E-state index in [-0.39, 0.29) is 11.7 Å². The molecule has 1 atom stereocenters. The Kier molecular flexibility index (Phi) is 4.94. The van der Waals surface area contributed by atoms with E-state index in [4.69, 9.17) is 0 Å². The van der Waals surface area contributed by atoms with Gasteiger partial charge in [0, 0.05) is 25.1 Å². The predicted molar refractivity (Wildman–Crippen MR) is 86.6 cm³/mol. The molecule has 1 aliphatic rings. The highest BCUT2D eigenvalue weighted by Gasteiger charge is 2.23. The van der Waals surface area contributed by atoms with Crippen LogP contribution in [0.25, 0.3) is 6.08 Å². The molecule has 1 saturated heterocycles. The van der Waals surface area contributed by atoms with Gasteiger partial charge >= 0.3 is 0 Å². The standard InChI is InChI=1S/C16H20BFN2O/c1-11-7-13(8-15(18)12(11)2)3-4-16(21)20-6-5-14(10-20)9-19-17/h3-4,7-9,14H,5-6,10,17H2,1-2H3/b4-3+,19-9-. The number of aryl methyl sites for hydroxylation is 1. The number of hydrogen-bond acceptors (Lipinski definition) is 2. The van der Waals surface area contributed by atoms with Crippen LogP contribution >= 0.6 is 0 Å². The average molecular weight is 286 g/mol. The highest BCUT2D eigenvalue weighted by atomic mass is 19.1. The third kappa shape index (κ3) is 3.81. The van der Waals surface area contributed by atoms with E-state index in [1.165, 1.54) is 12.1 Å². The Balaban J connectivity index is 2.03. The first kappa shape index (κ1) is 15.5. The van der Waals surface area contributed by atoms with Crippen LogP contribution < -0.4 is 0 Å². The van der Waals surface area contributed by atoms with Crippen LogP contribution in [0.4, 0.5) is 4.39 Å². The molecule has 0 radical (unpaired) electrons. The van der Waals surface area contributed by atoms with Gasteiger partial charge in [0.15, 0.2) is 0 Å². The van der Waals surface area contributed by atoms with Crippen molar-refractivity contribution < 1.29 is 9.18 Å². The van der Waals surface area contributed by atoms with Gasteiger partial charge < -0.3 is 9.80 Å². The van der Waals surface area contributed by atoms with E-state index in [1.54, 1.807) is 25.9 Å². The maximum Gasteiger partial charge on any atom is 0.246 e. The normalized spacial score (nSPS) is 19.0. The topological polar surface area (TPSA) is 32.7 Å². The first-order valence-electron chi connectivity index (χ1n) is 7.17. The summed E-state index contributed by atoms with van der Waals surface area (Å²) in [6, 6.07) is 3.35. The van der Waals surface area contributed by atoms with Crippen molar-refractivity contribution in [3.63, 3.8) is 0 Å². The minimum absolute atomic E-state index is 0.0272. The molecular formula is C16H20BFN2O. The lowest BCUT2D eigenvalue weighted by molar-refractivity contribution is -0.125. The van der Waals surface area contributed by atoms with Gasteiger partial charge in [-0.15, -0.1) is 0 Å². The van der Waals surface area contributed by atoms with Gasteiger partial charge in [-0.2, -0.15) is 0 Å². The fourth-order valence-corrected chi connectivity index (χ4v) is 2.53. The molecule has 1 amide bonds. The monoisotopic (exact) mass is 286 g/mol. The maximum atomic E-state index is 13.7. The zero-order valence-electron chi connectivity index (χ0n) is 12.8. The summed E-state index contributed by atoms with van der Waals surface area (Å²) in [6.07, 6.45) is 6.05. The highest BCUT2D eigenvalue weighted by molar-refractivity contribution is 6.09. The zero-order chi connectivity index (χ0) is 15.4. The molecule has 3 nitrogen and oxygen atoms in total. The van der Waals surface area contributed by atoms with Gasteiger partial charge in [0.2, 0.25) is 13.9 Å². The summed E-state index contributed by atoms with van der Waals surface area (Å²) < 4.78 is 13.7. The Morgan fingerprint density at radius 3 is 2.90 bits per heavy atom. The zero-order valence-corrected chi connectivity index (χ0v) is 12.8. The molecule has 0 aliphatic carbocycles. The summed E-state index contributed by atoms with van der Waals surface area (Å²) in [7, 11) is 1.75. The molecule has 0 aromatic heterocycles. The number of benzene rings is 1. The number of hydrogen-bond donors (Lipinski definition) is 0. The number of rotatable bonds is 3. The van der Waals surface area contributed by atoms with Crippen LogP contribution in [0.3, 0.4) is 0 Å². The summed E-state index contributed by atoms with van der Waals surface area (Å²) >= 11 is 0. The van der Waals surface area contributed by atoms with Crippen LogP contribution in [0.1, 0.15) is 23.1 Å². The van der Waals surface area contributed by atoms with E-state index >= 15 is 0 Å². The molecule has 1 fully saturated rings. The number of halogens is 1. The van der Waals surface area contributed by atoms with E-state index in [2.05, 4.69) is 4.90 Å². The largest absolute Gasteiger partial charge is 0.362 e. The molecule has 1 aromatic rings. The smallest absolute Gasteiger partial charge is 0.246 e. The Labute approximate surface area is 126 Å². The highest BCUT2D eigenvalue weighted by Crippen LogP contribution is 2.17. The molecular weight excluding hydrogens is 266 g/mol. The third-order valence-electron chi connectivity index (χ3n) is 3.94. The predicted octanol–water partition coefficient (Wildman–Crippen LogP) is 1.92. The summed E-state index contributed by atoms with van der Waals surface area (Å²) in [4.78, 5) is 17.9. The van der Waals surface area contributed by atoms with E-state index in [1.807, 2.05) is 19.2 Å². The van der Waals surface area contributed by atoms with Crippen LogP contribution in [-0.4, -0.2) is 38.1 Å². The van der Waals surface area contributed by atoms with Crippen molar-refractivity contribution in [2.75, 3.05) is 13.1 Å². The van der Waals surface area contributed by atoms with Crippen molar-refractivity contribution in [1.82, 2.24) is 4.90 Å². The molecule has 110 valence electrons. The Bertz CT molecular complexity index is 575. The summed E-state index contributed by atoms with van der Waals surface area (Å²) in [6.45, 7) is 5.08. The summed E-state index contributed by atoms with van der Waals surface area (Å²) in [5.74, 6) is 0.0922. The van der Waals surface area contributed by atoms with Gasteiger partial charge in [-0.05, 0) is 55.3 Å². The molecule has 21 heavy (non-hydrogen) atoms. The van der Waals surface area contributed by atoms with Crippen LogP contribution in [0, 0.1) is 25.6 Å². The quantitative estimate of drug-likeness (QED) is 0.475. The molecule has 0 bridgehead atoms. The van der Waals surface area contributed by atoms with Crippen LogP contribution in [0.15, 0.2) is 23.1 Å². The minimum Gasteiger partial charge on any atom is -0.362 e. The lowest BCUT2D eigenvalue weighted by atomic mass is 10.1. The van der Waals surface area contributed by atoms with E-state index in [0.717, 1.165) is 24.1 Å². The lowest BCUT2D eigenvalue weighted by Gasteiger charge is -2.13. The SMILES string of the molecule is B/N=C\C1CCN(C(=O)/C=C/c2cc(C)c(C)c(F)c2)C1. The Morgan fingerprint density at radius 1 is 1.48 bits per heavy atom. The van der Waals surface area contributed by atoms with Crippen molar-refractivity contribution in [3.8, 4) is 0 Å². The van der Waals surface area contributed by atoms with Gasteiger partial charge in [0.1, 0.15) is 5.82 Å². The molecule has 2 rings (SSSR count). The van der Waals surface area contributed by atoms with Gasteiger partial charge in [-0.3, -0.25) is 4.79 Å². The molecule has 0 spiro atoms. The molecule has 5 heteroatoms. The first-order chi connectivity index (χ1) is 10.0. The van der Waals surface area contributed by atoms with Crippen LogP contribution in [0.5, 0.6) is 0 Å². The minimum atomic E-state index is -0.234. The Morgan fingerprint density at radius 2 is 2.24 bits per heavy atom. The van der Waals surface area contributed by atoms with E-state index in [0.29, 0.717) is 18.0 Å². The van der Waals surface area contributed by atoms with E-state index in [9.17, 15) is 9.18 Å². The van der Waals surface area contributed by atoms with Crippen LogP contribution in [0.2, 0.25) is 0 Å². The molecule has 0 saturated carbocycles. The van der Waals surface area contributed by atoms with Crippen LogP contribution in [-0.2, 0) is 4.79 Å². The molecule has 1 aliphatic heterocycles. The second kappa shape index (κ2) is 6.70. The fourth-order valence-electron chi connectivity index (χ4n) is 2.53. The maximum absolute atomic E-state index is 13.7. The van der Waals surface area contributed by atoms with Crippen molar-refractivity contribution >= 4 is 26.2 Å². The fraction of sp³-hybridized carbons (Fsp3) is 0.375. The van der Waals surface area contributed by atoms with Crippen molar-refractivity contribution in [2.45, 2.75) is 20.3 Å². The van der Waals surface area contributed by atoms with Gasteiger partial charge in [0.25, 0.3) is 0 Å². The summed E-state index contributed by atoms with van der Waals surface area (Å²) in [5, 5.41) is 0. The number of nitrogens with zero attached hydrogens (tertiary/aromatic N) is 2. The molecule has 1 unspecified atom stereocenters. The molecule has 0 N–H and O–H groups in total. The number of carbonyl (C=O) groups excluding carboxylic acids is 1. The van der Waals surface area contributed by atoms with Crippen molar-refractivity contribution in [3.05, 3.63) is 40.7 Å². The van der Waals surface area contributed by atoms with Crippen molar-refractivity contribution in [1.29, 1.82) is 0 Å². The number of carbonyl (C=O) groups is 1. The average Bonchev–Trinajstić information content (AvgIpc) is 2.91. The van der Waals surface area contributed by atoms with Gasteiger partial charge in [-0.25, -0.2) is 4.39 Å². The summed E-state index contributed by atoms with van der Waals surface area (Å²) in [5.41, 5.74) is 2.26. The van der Waals surface area contributed by atoms with Gasteiger partial charge in [0.05, 0.1) is 0 Å². The third-order valence-corrected chi connectivity index (χ3v) is 3.94. The van der Waals surface area contributed by atoms with E-state index < -0.39 is 0 Å². The number of amides is 1. The first-order valence-corrected chi connectivity index (χ1v) is 7.17. The van der Waals surface area contributed by atoms with Gasteiger partial charge in [-0.1, -0.05) is 6.07 Å². The van der Waals surface area contributed by atoms with Crippen molar-refractivity contribution in [2.24, 2.45) is 10.8 Å².